The minimum atomic E-state index is 0.0748. The second kappa shape index (κ2) is 7.00. The van der Waals surface area contributed by atoms with Crippen molar-refractivity contribution in [3.63, 3.8) is 0 Å². The molecule has 0 atom stereocenters. The molecule has 5 nitrogen and oxygen atoms in total. The molecule has 1 aromatic carbocycles. The molecule has 0 saturated heterocycles. The van der Waals surface area contributed by atoms with Gasteiger partial charge in [0.15, 0.2) is 5.13 Å². The topological polar surface area (TPSA) is 54.5 Å². The van der Waals surface area contributed by atoms with E-state index in [9.17, 15) is 4.79 Å². The van der Waals surface area contributed by atoms with E-state index in [2.05, 4.69) is 10.3 Å². The normalized spacial score (nSPS) is 13.7. The fraction of sp³-hybridized carbons (Fsp3) is 0.412. The molecule has 0 radical (unpaired) electrons. The first-order valence-electron chi connectivity index (χ1n) is 7.88. The van der Waals surface area contributed by atoms with Gasteiger partial charge in [-0.15, -0.1) is 11.3 Å². The van der Waals surface area contributed by atoms with Crippen molar-refractivity contribution < 1.29 is 9.53 Å². The van der Waals surface area contributed by atoms with Gasteiger partial charge < -0.3 is 10.1 Å². The molecule has 6 heteroatoms. The van der Waals surface area contributed by atoms with Gasteiger partial charge in [-0.2, -0.15) is 0 Å². The van der Waals surface area contributed by atoms with Gasteiger partial charge in [0.2, 0.25) is 5.91 Å². The van der Waals surface area contributed by atoms with Gasteiger partial charge in [-0.25, -0.2) is 4.98 Å². The van der Waals surface area contributed by atoms with Crippen LogP contribution in [0.2, 0.25) is 0 Å². The molecule has 0 bridgehead atoms. The predicted molar refractivity (Wildman–Crippen MR) is 93.2 cm³/mol. The number of carbonyl (C=O) groups excluding carboxylic acids is 1. The first-order valence-corrected chi connectivity index (χ1v) is 8.76. The molecule has 0 aliphatic heterocycles. The van der Waals surface area contributed by atoms with Crippen LogP contribution in [0.15, 0.2) is 29.6 Å². The van der Waals surface area contributed by atoms with Crippen molar-refractivity contribution in [1.82, 2.24) is 4.98 Å². The second-order valence-electron chi connectivity index (χ2n) is 5.56. The fourth-order valence-corrected chi connectivity index (χ4v) is 3.36. The Labute approximate surface area is 140 Å². The molecule has 1 fully saturated rings. The van der Waals surface area contributed by atoms with Gasteiger partial charge in [-0.05, 0) is 31.9 Å². The molecule has 1 amide bonds. The number of anilines is 2. The first kappa shape index (κ1) is 15.8. The molecule has 1 N–H and O–H groups in total. The number of rotatable bonds is 7. The van der Waals surface area contributed by atoms with Gasteiger partial charge >= 0.3 is 0 Å². The van der Waals surface area contributed by atoms with E-state index in [1.165, 1.54) is 11.3 Å². The van der Waals surface area contributed by atoms with Crippen LogP contribution in [0.3, 0.4) is 0 Å². The summed E-state index contributed by atoms with van der Waals surface area (Å²) in [4.78, 5) is 18.2. The number of nitrogens with one attached hydrogen (secondary N) is 1. The third kappa shape index (κ3) is 4.01. The van der Waals surface area contributed by atoms with Crippen molar-refractivity contribution in [3.05, 3.63) is 35.3 Å². The third-order valence-electron chi connectivity index (χ3n) is 3.62. The van der Waals surface area contributed by atoms with Crippen LogP contribution in [0.4, 0.5) is 10.8 Å². The van der Waals surface area contributed by atoms with Crippen molar-refractivity contribution >= 4 is 28.1 Å². The van der Waals surface area contributed by atoms with Gasteiger partial charge in [0.25, 0.3) is 0 Å². The van der Waals surface area contributed by atoms with Gasteiger partial charge in [-0.1, -0.05) is 6.07 Å². The SMILES string of the molecule is CCOc1cccc(NCc2csc(N(C(C)=O)C3CC3)n2)c1. The summed E-state index contributed by atoms with van der Waals surface area (Å²) >= 11 is 1.53. The maximum absolute atomic E-state index is 11.8. The van der Waals surface area contributed by atoms with Crippen molar-refractivity contribution in [2.24, 2.45) is 0 Å². The monoisotopic (exact) mass is 331 g/mol. The molecule has 0 spiro atoms. The summed E-state index contributed by atoms with van der Waals surface area (Å²) < 4.78 is 5.50. The lowest BCUT2D eigenvalue weighted by Gasteiger charge is -2.16. The molecular weight excluding hydrogens is 310 g/mol. The smallest absolute Gasteiger partial charge is 0.225 e. The van der Waals surface area contributed by atoms with E-state index >= 15 is 0 Å². The van der Waals surface area contributed by atoms with Crippen molar-refractivity contribution in [3.8, 4) is 5.75 Å². The van der Waals surface area contributed by atoms with Crippen LogP contribution in [0.5, 0.6) is 5.75 Å². The number of thiazole rings is 1. The Morgan fingerprint density at radius 1 is 1.48 bits per heavy atom. The van der Waals surface area contributed by atoms with Crippen LogP contribution >= 0.6 is 11.3 Å². The zero-order chi connectivity index (χ0) is 16.2. The number of benzene rings is 1. The summed E-state index contributed by atoms with van der Waals surface area (Å²) in [5.41, 5.74) is 1.94. The maximum Gasteiger partial charge on any atom is 0.225 e. The first-order chi connectivity index (χ1) is 11.2. The average molecular weight is 331 g/mol. The van der Waals surface area contributed by atoms with E-state index in [1.807, 2.05) is 41.5 Å². The van der Waals surface area contributed by atoms with Crippen molar-refractivity contribution in [2.75, 3.05) is 16.8 Å². The molecule has 1 aliphatic rings. The highest BCUT2D eigenvalue weighted by molar-refractivity contribution is 7.14. The average Bonchev–Trinajstić information content (AvgIpc) is 3.24. The number of nitrogens with zero attached hydrogens (tertiary/aromatic N) is 2. The van der Waals surface area contributed by atoms with Crippen LogP contribution in [-0.2, 0) is 11.3 Å². The molecule has 1 aliphatic carbocycles. The second-order valence-corrected chi connectivity index (χ2v) is 6.39. The molecule has 1 aromatic heterocycles. The molecule has 2 aromatic rings. The van der Waals surface area contributed by atoms with Crippen LogP contribution in [0, 0.1) is 0 Å². The Morgan fingerprint density at radius 2 is 2.30 bits per heavy atom. The highest BCUT2D eigenvalue weighted by Crippen LogP contribution is 2.33. The van der Waals surface area contributed by atoms with E-state index in [4.69, 9.17) is 4.74 Å². The molecule has 0 unspecified atom stereocenters. The summed E-state index contributed by atoms with van der Waals surface area (Å²) in [7, 11) is 0. The van der Waals surface area contributed by atoms with Crippen molar-refractivity contribution in [1.29, 1.82) is 0 Å². The fourth-order valence-electron chi connectivity index (χ4n) is 2.42. The quantitative estimate of drug-likeness (QED) is 0.841. The highest BCUT2D eigenvalue weighted by Gasteiger charge is 2.33. The number of hydrogen-bond donors (Lipinski definition) is 1. The summed E-state index contributed by atoms with van der Waals surface area (Å²) in [5, 5.41) is 6.16. The minimum Gasteiger partial charge on any atom is -0.494 e. The van der Waals surface area contributed by atoms with Crippen LogP contribution in [0.25, 0.3) is 0 Å². The lowest BCUT2D eigenvalue weighted by atomic mass is 10.3. The molecule has 1 heterocycles. The van der Waals surface area contributed by atoms with Gasteiger partial charge in [-0.3, -0.25) is 9.69 Å². The Morgan fingerprint density at radius 3 is 3.00 bits per heavy atom. The zero-order valence-electron chi connectivity index (χ0n) is 13.4. The Kier molecular flexibility index (Phi) is 4.81. The minimum absolute atomic E-state index is 0.0748. The number of carbonyl (C=O) groups is 1. The van der Waals surface area contributed by atoms with E-state index in [1.54, 1.807) is 6.92 Å². The van der Waals surface area contributed by atoms with E-state index in [0.717, 1.165) is 35.1 Å². The molecule has 122 valence electrons. The van der Waals surface area contributed by atoms with E-state index < -0.39 is 0 Å². The van der Waals surface area contributed by atoms with Gasteiger partial charge in [0, 0.05) is 30.1 Å². The van der Waals surface area contributed by atoms with E-state index in [0.29, 0.717) is 19.2 Å². The lowest BCUT2D eigenvalue weighted by molar-refractivity contribution is -0.116. The predicted octanol–water partition coefficient (Wildman–Crippen LogP) is 3.67. The molecule has 23 heavy (non-hydrogen) atoms. The third-order valence-corrected chi connectivity index (χ3v) is 4.50. The Bertz CT molecular complexity index is 682. The summed E-state index contributed by atoms with van der Waals surface area (Å²) in [6.07, 6.45) is 2.16. The lowest BCUT2D eigenvalue weighted by Crippen LogP contribution is -2.30. The molecular formula is C17H21N3O2S. The number of hydrogen-bond acceptors (Lipinski definition) is 5. The largest absolute Gasteiger partial charge is 0.494 e. The summed E-state index contributed by atoms with van der Waals surface area (Å²) in [5.74, 6) is 0.929. The van der Waals surface area contributed by atoms with Crippen LogP contribution < -0.4 is 15.0 Å². The molecule has 3 rings (SSSR count). The van der Waals surface area contributed by atoms with Crippen LogP contribution in [0.1, 0.15) is 32.4 Å². The number of aromatic nitrogens is 1. The van der Waals surface area contributed by atoms with Gasteiger partial charge in [0.05, 0.1) is 18.8 Å². The Balaban J connectivity index is 1.63. The summed E-state index contributed by atoms with van der Waals surface area (Å²) in [6.45, 7) is 4.86. The molecule has 1 saturated carbocycles. The van der Waals surface area contributed by atoms with E-state index in [-0.39, 0.29) is 5.91 Å². The van der Waals surface area contributed by atoms with Crippen LogP contribution in [-0.4, -0.2) is 23.5 Å². The highest BCUT2D eigenvalue weighted by atomic mass is 32.1. The number of amides is 1. The Hall–Kier alpha value is -2.08. The van der Waals surface area contributed by atoms with Crippen molar-refractivity contribution in [2.45, 2.75) is 39.3 Å². The zero-order valence-corrected chi connectivity index (χ0v) is 14.2. The summed E-state index contributed by atoms with van der Waals surface area (Å²) in [6, 6.07) is 8.23. The number of ether oxygens (including phenoxy) is 1. The maximum atomic E-state index is 11.8. The van der Waals surface area contributed by atoms with Gasteiger partial charge in [0.1, 0.15) is 5.75 Å². The standard InChI is InChI=1S/C17H21N3O2S/c1-3-22-16-6-4-5-13(9-16)18-10-14-11-23-17(19-14)20(12(2)21)15-7-8-15/h4-6,9,11,15,18H,3,7-8,10H2,1-2H3.